The summed E-state index contributed by atoms with van der Waals surface area (Å²) in [7, 11) is 0. The lowest BCUT2D eigenvalue weighted by atomic mass is 10.1. The van der Waals surface area contributed by atoms with E-state index < -0.39 is 0 Å². The number of carbonyl (C=O) groups excluding carboxylic acids is 2. The van der Waals surface area contributed by atoms with Crippen LogP contribution in [0.1, 0.15) is 16.2 Å². The third kappa shape index (κ3) is 4.48. The first-order chi connectivity index (χ1) is 14.6. The van der Waals surface area contributed by atoms with Gasteiger partial charge in [0.1, 0.15) is 0 Å². The van der Waals surface area contributed by atoms with Gasteiger partial charge < -0.3 is 19.6 Å². The molecule has 0 spiro atoms. The molecule has 0 unspecified atom stereocenters. The van der Waals surface area contributed by atoms with E-state index in [9.17, 15) is 9.59 Å². The highest BCUT2D eigenvalue weighted by Gasteiger charge is 2.21. The number of nitrogens with one attached hydrogen (secondary N) is 1. The van der Waals surface area contributed by atoms with Crippen molar-refractivity contribution in [2.45, 2.75) is 6.92 Å². The number of benzene rings is 2. The summed E-state index contributed by atoms with van der Waals surface area (Å²) in [4.78, 5) is 33.1. The third-order valence-corrected chi connectivity index (χ3v) is 5.08. The first-order valence-electron chi connectivity index (χ1n) is 9.87. The Morgan fingerprint density at radius 3 is 2.33 bits per heavy atom. The van der Waals surface area contributed by atoms with Crippen LogP contribution in [-0.4, -0.2) is 59.6 Å². The SMILES string of the molecule is Cc1noc(-c2ccc(C(=O)NCC(=O)N3CCN(c4ccccc4)CC3)cc2)n1. The van der Waals surface area contributed by atoms with Crippen molar-refractivity contribution in [2.75, 3.05) is 37.6 Å². The number of hydrogen-bond donors (Lipinski definition) is 1. The molecule has 0 radical (unpaired) electrons. The average Bonchev–Trinajstić information content (AvgIpc) is 3.24. The van der Waals surface area contributed by atoms with Crippen molar-refractivity contribution in [1.29, 1.82) is 0 Å². The minimum absolute atomic E-state index is 0.0191. The van der Waals surface area contributed by atoms with Gasteiger partial charge in [-0.2, -0.15) is 4.98 Å². The summed E-state index contributed by atoms with van der Waals surface area (Å²) in [6.45, 7) is 4.56. The fourth-order valence-corrected chi connectivity index (χ4v) is 3.40. The number of hydrogen-bond acceptors (Lipinski definition) is 6. The van der Waals surface area contributed by atoms with Crippen molar-refractivity contribution in [3.05, 3.63) is 66.0 Å². The van der Waals surface area contributed by atoms with E-state index in [-0.39, 0.29) is 18.4 Å². The molecule has 8 nitrogen and oxygen atoms in total. The van der Waals surface area contributed by atoms with Gasteiger partial charge in [-0.1, -0.05) is 23.4 Å². The highest BCUT2D eigenvalue weighted by atomic mass is 16.5. The van der Waals surface area contributed by atoms with Crippen LogP contribution in [0.2, 0.25) is 0 Å². The van der Waals surface area contributed by atoms with Gasteiger partial charge in [0, 0.05) is 43.0 Å². The lowest BCUT2D eigenvalue weighted by Gasteiger charge is -2.36. The van der Waals surface area contributed by atoms with Gasteiger partial charge >= 0.3 is 0 Å². The number of para-hydroxylation sites is 1. The smallest absolute Gasteiger partial charge is 0.257 e. The maximum atomic E-state index is 12.5. The van der Waals surface area contributed by atoms with E-state index in [1.165, 1.54) is 0 Å². The molecule has 0 saturated carbocycles. The normalized spacial score (nSPS) is 13.9. The highest BCUT2D eigenvalue weighted by molar-refractivity contribution is 5.96. The molecular formula is C22H23N5O3. The van der Waals surface area contributed by atoms with Crippen molar-refractivity contribution in [3.63, 3.8) is 0 Å². The molecule has 0 bridgehead atoms. The number of nitrogens with zero attached hydrogens (tertiary/aromatic N) is 4. The van der Waals surface area contributed by atoms with Gasteiger partial charge in [-0.05, 0) is 43.3 Å². The van der Waals surface area contributed by atoms with Gasteiger partial charge in [0.05, 0.1) is 6.54 Å². The number of piperazine rings is 1. The second-order valence-electron chi connectivity index (χ2n) is 7.11. The molecule has 1 N–H and O–H groups in total. The standard InChI is InChI=1S/C22H23N5O3/c1-16-24-22(30-25-16)18-9-7-17(8-10-18)21(29)23-15-20(28)27-13-11-26(12-14-27)19-5-3-2-4-6-19/h2-10H,11-15H2,1H3,(H,23,29). The Balaban J connectivity index is 1.26. The maximum absolute atomic E-state index is 12.5. The van der Waals surface area contributed by atoms with Crippen molar-refractivity contribution in [3.8, 4) is 11.5 Å². The number of amides is 2. The fraction of sp³-hybridized carbons (Fsp3) is 0.273. The van der Waals surface area contributed by atoms with Crippen LogP contribution in [-0.2, 0) is 4.79 Å². The van der Waals surface area contributed by atoms with Crippen molar-refractivity contribution >= 4 is 17.5 Å². The minimum atomic E-state index is -0.292. The molecule has 4 rings (SSSR count). The molecule has 1 fully saturated rings. The first kappa shape index (κ1) is 19.6. The molecule has 3 aromatic rings. The number of carbonyl (C=O) groups is 2. The van der Waals surface area contributed by atoms with Gasteiger partial charge in [0.15, 0.2) is 5.82 Å². The van der Waals surface area contributed by atoms with E-state index in [1.807, 2.05) is 18.2 Å². The average molecular weight is 405 g/mol. The summed E-state index contributed by atoms with van der Waals surface area (Å²) >= 11 is 0. The molecule has 2 heterocycles. The number of aromatic nitrogens is 2. The highest BCUT2D eigenvalue weighted by Crippen LogP contribution is 2.18. The Kier molecular flexibility index (Phi) is 5.74. The lowest BCUT2D eigenvalue weighted by Crippen LogP contribution is -2.51. The van der Waals surface area contributed by atoms with E-state index in [1.54, 1.807) is 36.1 Å². The Bertz CT molecular complexity index is 1010. The summed E-state index contributed by atoms with van der Waals surface area (Å²) in [6.07, 6.45) is 0. The molecule has 1 aromatic heterocycles. The van der Waals surface area contributed by atoms with Gasteiger partial charge in [-0.25, -0.2) is 0 Å². The van der Waals surface area contributed by atoms with Crippen LogP contribution in [0.3, 0.4) is 0 Å². The first-order valence-corrected chi connectivity index (χ1v) is 9.87. The van der Waals surface area contributed by atoms with E-state index in [0.717, 1.165) is 24.3 Å². The molecule has 2 aromatic carbocycles. The van der Waals surface area contributed by atoms with Crippen molar-refractivity contribution in [2.24, 2.45) is 0 Å². The van der Waals surface area contributed by atoms with E-state index in [4.69, 9.17) is 4.52 Å². The largest absolute Gasteiger partial charge is 0.368 e. The molecule has 1 saturated heterocycles. The zero-order valence-corrected chi connectivity index (χ0v) is 16.7. The van der Waals surface area contributed by atoms with Crippen LogP contribution in [0.4, 0.5) is 5.69 Å². The molecule has 2 amide bonds. The summed E-state index contributed by atoms with van der Waals surface area (Å²) < 4.78 is 5.12. The summed E-state index contributed by atoms with van der Waals surface area (Å²) in [5.41, 5.74) is 2.37. The molecule has 1 aliphatic heterocycles. The van der Waals surface area contributed by atoms with E-state index in [2.05, 4.69) is 32.5 Å². The second-order valence-corrected chi connectivity index (χ2v) is 7.11. The Morgan fingerprint density at radius 2 is 1.70 bits per heavy atom. The maximum Gasteiger partial charge on any atom is 0.257 e. The summed E-state index contributed by atoms with van der Waals surface area (Å²) in [5, 5.41) is 6.46. The Hall–Kier alpha value is -3.68. The van der Waals surface area contributed by atoms with E-state index >= 15 is 0 Å². The lowest BCUT2D eigenvalue weighted by molar-refractivity contribution is -0.130. The minimum Gasteiger partial charge on any atom is -0.368 e. The quantitative estimate of drug-likeness (QED) is 0.699. The predicted octanol–water partition coefficient (Wildman–Crippen LogP) is 2.12. The van der Waals surface area contributed by atoms with Crippen LogP contribution < -0.4 is 10.2 Å². The van der Waals surface area contributed by atoms with Crippen LogP contribution in [0.15, 0.2) is 59.1 Å². The Morgan fingerprint density at radius 1 is 1.00 bits per heavy atom. The predicted molar refractivity (Wildman–Crippen MR) is 112 cm³/mol. The van der Waals surface area contributed by atoms with Gasteiger partial charge in [0.2, 0.25) is 5.91 Å². The zero-order chi connectivity index (χ0) is 20.9. The number of aryl methyl sites for hydroxylation is 1. The molecule has 30 heavy (non-hydrogen) atoms. The number of anilines is 1. The topological polar surface area (TPSA) is 91.6 Å². The second kappa shape index (κ2) is 8.77. The molecular weight excluding hydrogens is 382 g/mol. The molecule has 0 atom stereocenters. The Labute approximate surface area is 174 Å². The zero-order valence-electron chi connectivity index (χ0n) is 16.7. The van der Waals surface area contributed by atoms with Gasteiger partial charge in [0.25, 0.3) is 11.8 Å². The molecule has 8 heteroatoms. The van der Waals surface area contributed by atoms with Gasteiger partial charge in [-0.3, -0.25) is 9.59 Å². The summed E-state index contributed by atoms with van der Waals surface area (Å²) in [6, 6.07) is 17.0. The van der Waals surface area contributed by atoms with Gasteiger partial charge in [-0.15, -0.1) is 0 Å². The van der Waals surface area contributed by atoms with Crippen LogP contribution in [0, 0.1) is 6.92 Å². The van der Waals surface area contributed by atoms with E-state index in [0.29, 0.717) is 30.4 Å². The van der Waals surface area contributed by atoms with Crippen LogP contribution in [0.25, 0.3) is 11.5 Å². The third-order valence-electron chi connectivity index (χ3n) is 5.08. The number of rotatable bonds is 5. The summed E-state index contributed by atoms with van der Waals surface area (Å²) in [5.74, 6) is 0.591. The van der Waals surface area contributed by atoms with Crippen LogP contribution >= 0.6 is 0 Å². The fourth-order valence-electron chi connectivity index (χ4n) is 3.40. The monoisotopic (exact) mass is 405 g/mol. The molecule has 1 aliphatic rings. The van der Waals surface area contributed by atoms with Crippen LogP contribution in [0.5, 0.6) is 0 Å². The molecule has 0 aliphatic carbocycles. The molecule has 154 valence electrons. The van der Waals surface area contributed by atoms with Crippen molar-refractivity contribution < 1.29 is 14.1 Å². The van der Waals surface area contributed by atoms with Crippen molar-refractivity contribution in [1.82, 2.24) is 20.4 Å².